The van der Waals surface area contributed by atoms with Crippen LogP contribution in [0.1, 0.15) is 31.4 Å². The highest BCUT2D eigenvalue weighted by Gasteiger charge is 2.31. The van der Waals surface area contributed by atoms with Crippen LogP contribution in [0.15, 0.2) is 27.8 Å². The summed E-state index contributed by atoms with van der Waals surface area (Å²) in [7, 11) is 1.75. The van der Waals surface area contributed by atoms with Crippen LogP contribution in [-0.4, -0.2) is 51.5 Å². The van der Waals surface area contributed by atoms with Gasteiger partial charge in [-0.2, -0.15) is 0 Å². The quantitative estimate of drug-likeness (QED) is 0.335. The number of hydrogen-bond donors (Lipinski definition) is 2. The van der Waals surface area contributed by atoms with E-state index in [1.807, 2.05) is 12.1 Å². The molecule has 2 atom stereocenters. The average molecular weight is 463 g/mol. The monoisotopic (exact) mass is 463 g/mol. The van der Waals surface area contributed by atoms with Crippen molar-refractivity contribution in [1.82, 2.24) is 10.6 Å². The third-order valence-electron chi connectivity index (χ3n) is 4.58. The molecule has 3 rings (SSSR count). The Hall–Kier alpha value is -0.800. The average Bonchev–Trinajstić information content (AvgIpc) is 3.07. The Morgan fingerprint density at radius 1 is 1.40 bits per heavy atom. The van der Waals surface area contributed by atoms with Crippen molar-refractivity contribution < 1.29 is 13.9 Å². The van der Waals surface area contributed by atoms with E-state index in [1.165, 1.54) is 12.8 Å². The number of rotatable bonds is 9. The number of furan rings is 1. The Balaban J connectivity index is 0.00000225. The van der Waals surface area contributed by atoms with Gasteiger partial charge < -0.3 is 24.5 Å². The summed E-state index contributed by atoms with van der Waals surface area (Å²) in [5.41, 5.74) is 0. The van der Waals surface area contributed by atoms with Crippen LogP contribution in [0.3, 0.4) is 0 Å². The van der Waals surface area contributed by atoms with Crippen LogP contribution in [0.4, 0.5) is 0 Å². The van der Waals surface area contributed by atoms with Crippen LogP contribution in [0.5, 0.6) is 0 Å². The number of nitrogens with one attached hydrogen (secondary N) is 2. The molecular weight excluding hydrogens is 433 g/mol. The van der Waals surface area contributed by atoms with Crippen LogP contribution < -0.4 is 10.6 Å². The topological polar surface area (TPSA) is 68.0 Å². The first kappa shape index (κ1) is 20.5. The zero-order valence-corrected chi connectivity index (χ0v) is 17.2. The van der Waals surface area contributed by atoms with Gasteiger partial charge in [-0.1, -0.05) is 0 Å². The molecule has 2 unspecified atom stereocenters. The second-order valence-electron chi connectivity index (χ2n) is 6.62. The van der Waals surface area contributed by atoms with Gasteiger partial charge in [-0.3, -0.25) is 4.99 Å². The number of aliphatic imine (C=N–C) groups is 1. The van der Waals surface area contributed by atoms with Crippen LogP contribution in [0, 0.1) is 5.92 Å². The van der Waals surface area contributed by atoms with E-state index in [4.69, 9.17) is 18.9 Å². The third-order valence-corrected chi connectivity index (χ3v) is 4.58. The maximum atomic E-state index is 5.68. The van der Waals surface area contributed by atoms with Gasteiger partial charge in [-0.25, -0.2) is 0 Å². The molecule has 0 amide bonds. The molecule has 0 aromatic carbocycles. The molecule has 2 fully saturated rings. The Labute approximate surface area is 167 Å². The molecular formula is C18H30IN3O3. The van der Waals surface area contributed by atoms with Crippen molar-refractivity contribution in [3.05, 3.63) is 24.2 Å². The van der Waals surface area contributed by atoms with E-state index >= 15 is 0 Å². The Morgan fingerprint density at radius 2 is 2.28 bits per heavy atom. The lowest BCUT2D eigenvalue weighted by Crippen LogP contribution is -2.47. The van der Waals surface area contributed by atoms with E-state index < -0.39 is 0 Å². The first-order valence-corrected chi connectivity index (χ1v) is 9.03. The van der Waals surface area contributed by atoms with Crippen molar-refractivity contribution in [2.75, 3.05) is 33.4 Å². The Morgan fingerprint density at radius 3 is 2.92 bits per heavy atom. The van der Waals surface area contributed by atoms with Gasteiger partial charge in [0, 0.05) is 26.7 Å². The van der Waals surface area contributed by atoms with Crippen LogP contribution >= 0.6 is 24.0 Å². The van der Waals surface area contributed by atoms with Crippen LogP contribution in [0.25, 0.3) is 0 Å². The summed E-state index contributed by atoms with van der Waals surface area (Å²) in [5.74, 6) is 2.53. The summed E-state index contributed by atoms with van der Waals surface area (Å²) in [4.78, 5) is 4.74. The summed E-state index contributed by atoms with van der Waals surface area (Å²) < 4.78 is 16.4. The number of guanidine groups is 1. The molecule has 2 aliphatic rings. The fraction of sp³-hybridized carbons (Fsp3) is 0.722. The predicted octanol–water partition coefficient (Wildman–Crippen LogP) is 2.58. The fourth-order valence-corrected chi connectivity index (χ4v) is 3.04. The van der Waals surface area contributed by atoms with Crippen molar-refractivity contribution >= 4 is 29.9 Å². The lowest BCUT2D eigenvalue weighted by Gasteiger charge is -2.21. The van der Waals surface area contributed by atoms with Crippen molar-refractivity contribution in [3.63, 3.8) is 0 Å². The zero-order chi connectivity index (χ0) is 16.6. The molecule has 0 bridgehead atoms. The second-order valence-corrected chi connectivity index (χ2v) is 6.62. The van der Waals surface area contributed by atoms with Crippen molar-refractivity contribution in [2.45, 2.75) is 44.2 Å². The second kappa shape index (κ2) is 11.0. The minimum absolute atomic E-state index is 0. The lowest BCUT2D eigenvalue weighted by molar-refractivity contribution is 0.117. The molecule has 25 heavy (non-hydrogen) atoms. The highest BCUT2D eigenvalue weighted by molar-refractivity contribution is 14.0. The molecule has 0 spiro atoms. The zero-order valence-electron chi connectivity index (χ0n) is 14.9. The highest BCUT2D eigenvalue weighted by atomic mass is 127. The van der Waals surface area contributed by atoms with E-state index in [0.29, 0.717) is 25.1 Å². The van der Waals surface area contributed by atoms with E-state index in [0.717, 1.165) is 44.1 Å². The third kappa shape index (κ3) is 7.15. The van der Waals surface area contributed by atoms with E-state index in [-0.39, 0.29) is 30.1 Å². The van der Waals surface area contributed by atoms with Gasteiger partial charge in [-0.15, -0.1) is 24.0 Å². The molecule has 1 aliphatic carbocycles. The number of methoxy groups -OCH3 is 1. The van der Waals surface area contributed by atoms with Crippen molar-refractivity contribution in [1.29, 1.82) is 0 Å². The van der Waals surface area contributed by atoms with Gasteiger partial charge in [0.1, 0.15) is 5.76 Å². The molecule has 1 aliphatic heterocycles. The minimum atomic E-state index is 0. The van der Waals surface area contributed by atoms with E-state index in [1.54, 1.807) is 13.4 Å². The molecule has 1 saturated carbocycles. The first-order valence-electron chi connectivity index (χ1n) is 9.03. The molecule has 142 valence electrons. The van der Waals surface area contributed by atoms with Crippen LogP contribution in [-0.2, 0) is 15.9 Å². The molecule has 0 radical (unpaired) electrons. The van der Waals surface area contributed by atoms with Gasteiger partial charge in [0.25, 0.3) is 0 Å². The molecule has 1 saturated heterocycles. The summed E-state index contributed by atoms with van der Waals surface area (Å²) in [5, 5.41) is 6.97. The molecule has 1 aromatic heterocycles. The largest absolute Gasteiger partial charge is 0.469 e. The molecule has 2 N–H and O–H groups in total. The Kier molecular flexibility index (Phi) is 9.05. The smallest absolute Gasteiger partial charge is 0.191 e. The number of halogens is 1. The number of nitrogens with zero attached hydrogens (tertiary/aromatic N) is 1. The predicted molar refractivity (Wildman–Crippen MR) is 109 cm³/mol. The lowest BCUT2D eigenvalue weighted by atomic mass is 10.2. The van der Waals surface area contributed by atoms with Gasteiger partial charge in [0.15, 0.2) is 5.96 Å². The Bertz CT molecular complexity index is 500. The maximum Gasteiger partial charge on any atom is 0.191 e. The van der Waals surface area contributed by atoms with Crippen LogP contribution in [0.2, 0.25) is 0 Å². The summed E-state index contributed by atoms with van der Waals surface area (Å²) >= 11 is 0. The number of ether oxygens (including phenoxy) is 2. The van der Waals surface area contributed by atoms with E-state index in [9.17, 15) is 0 Å². The molecule has 7 heteroatoms. The van der Waals surface area contributed by atoms with Gasteiger partial charge >= 0.3 is 0 Å². The van der Waals surface area contributed by atoms with Crippen molar-refractivity contribution in [2.24, 2.45) is 10.9 Å². The minimum Gasteiger partial charge on any atom is -0.469 e. The summed E-state index contributed by atoms with van der Waals surface area (Å²) in [6.07, 6.45) is 7.60. The summed E-state index contributed by atoms with van der Waals surface area (Å²) in [6, 6.07) is 4.24. The van der Waals surface area contributed by atoms with Crippen molar-refractivity contribution in [3.8, 4) is 0 Å². The highest BCUT2D eigenvalue weighted by Crippen LogP contribution is 2.32. The SMILES string of the molecule is COCC(NC(=NCC1CCCO1)NCCc1ccco1)C1CC1.I. The maximum absolute atomic E-state index is 5.68. The molecule has 6 nitrogen and oxygen atoms in total. The molecule has 2 heterocycles. The van der Waals surface area contributed by atoms with E-state index in [2.05, 4.69) is 10.6 Å². The standard InChI is InChI=1S/C18H29N3O3.HI/c1-22-13-17(14-6-7-14)21-18(20-12-16-5-3-11-24-16)19-9-8-15-4-2-10-23-15;/h2,4,10,14,16-17H,3,5-9,11-13H2,1H3,(H2,19,20,21);1H. The van der Waals surface area contributed by atoms with Gasteiger partial charge in [-0.05, 0) is 43.7 Å². The molecule has 1 aromatic rings. The normalized spacial score (nSPS) is 21.6. The fourth-order valence-electron chi connectivity index (χ4n) is 3.04. The van der Waals surface area contributed by atoms with Gasteiger partial charge in [0.2, 0.25) is 0 Å². The first-order chi connectivity index (χ1) is 11.8. The summed E-state index contributed by atoms with van der Waals surface area (Å²) in [6.45, 7) is 3.07. The number of hydrogen-bond acceptors (Lipinski definition) is 4. The van der Waals surface area contributed by atoms with Gasteiger partial charge in [0.05, 0.1) is 31.6 Å².